The first-order chi connectivity index (χ1) is 9.65. The molecule has 1 N–H and O–H groups in total. The molecule has 0 saturated heterocycles. The molecular formula is C16H32N2O2. The lowest BCUT2D eigenvalue weighted by molar-refractivity contribution is -0.134. The van der Waals surface area contributed by atoms with Gasteiger partial charge in [0.2, 0.25) is 0 Å². The predicted molar refractivity (Wildman–Crippen MR) is 88.3 cm³/mol. The first-order valence-corrected chi connectivity index (χ1v) is 7.81. The molecule has 0 rings (SSSR count). The van der Waals surface area contributed by atoms with Crippen LogP contribution in [0.25, 0.3) is 0 Å². The van der Waals surface area contributed by atoms with Crippen molar-refractivity contribution in [1.82, 2.24) is 0 Å². The standard InChI is InChI=1S/C14H28N2.C2H4O2/c1-3-5-7-9-11-15-13-14-16-12-10-8-6-4-2;1-2(3)4/h11-12H,3-10,13-14H2,1-2H3;1H3,(H,3,4)/b15-11+,16-12+;. The molecule has 0 aromatic rings. The molecule has 0 unspecified atom stereocenters. The molecule has 0 aliphatic carbocycles. The van der Waals surface area contributed by atoms with Gasteiger partial charge in [-0.1, -0.05) is 39.5 Å². The van der Waals surface area contributed by atoms with Crippen molar-refractivity contribution in [2.75, 3.05) is 13.1 Å². The lowest BCUT2D eigenvalue weighted by atomic mass is 10.2. The second-order valence-corrected chi connectivity index (χ2v) is 4.69. The third-order valence-corrected chi connectivity index (χ3v) is 2.49. The normalized spacial score (nSPS) is 10.8. The maximum absolute atomic E-state index is 9.00. The summed E-state index contributed by atoms with van der Waals surface area (Å²) in [5.74, 6) is -0.833. The van der Waals surface area contributed by atoms with E-state index in [0.29, 0.717) is 0 Å². The van der Waals surface area contributed by atoms with Crippen LogP contribution in [0.3, 0.4) is 0 Å². The molecule has 0 spiro atoms. The van der Waals surface area contributed by atoms with E-state index >= 15 is 0 Å². The summed E-state index contributed by atoms with van der Waals surface area (Å²) in [5, 5.41) is 7.42. The molecule has 0 aromatic heterocycles. The Hall–Kier alpha value is -1.19. The zero-order valence-electron chi connectivity index (χ0n) is 13.5. The molecule has 118 valence electrons. The van der Waals surface area contributed by atoms with Crippen molar-refractivity contribution >= 4 is 18.4 Å². The molecule has 4 heteroatoms. The minimum atomic E-state index is -0.833. The average molecular weight is 284 g/mol. The van der Waals surface area contributed by atoms with E-state index in [-0.39, 0.29) is 0 Å². The summed E-state index contributed by atoms with van der Waals surface area (Å²) in [7, 11) is 0. The molecule has 4 nitrogen and oxygen atoms in total. The van der Waals surface area contributed by atoms with Crippen molar-refractivity contribution in [3.63, 3.8) is 0 Å². The van der Waals surface area contributed by atoms with Crippen molar-refractivity contribution in [3.05, 3.63) is 0 Å². The summed E-state index contributed by atoms with van der Waals surface area (Å²) in [4.78, 5) is 17.7. The van der Waals surface area contributed by atoms with E-state index in [0.717, 1.165) is 32.9 Å². The third-order valence-electron chi connectivity index (χ3n) is 2.49. The van der Waals surface area contributed by atoms with Crippen LogP contribution in [0.15, 0.2) is 9.98 Å². The quantitative estimate of drug-likeness (QED) is 0.452. The van der Waals surface area contributed by atoms with E-state index in [1.807, 2.05) is 0 Å². The van der Waals surface area contributed by atoms with Gasteiger partial charge in [0.1, 0.15) is 0 Å². The predicted octanol–water partition coefficient (Wildman–Crippen LogP) is 4.38. The molecule has 0 atom stereocenters. The Morgan fingerprint density at radius 3 is 1.55 bits per heavy atom. The molecule has 0 saturated carbocycles. The zero-order valence-corrected chi connectivity index (χ0v) is 13.5. The van der Waals surface area contributed by atoms with Gasteiger partial charge in [-0.15, -0.1) is 0 Å². The zero-order chi connectivity index (χ0) is 15.5. The van der Waals surface area contributed by atoms with Gasteiger partial charge in [0.25, 0.3) is 5.97 Å². The van der Waals surface area contributed by atoms with Crippen LogP contribution in [0.5, 0.6) is 0 Å². The van der Waals surface area contributed by atoms with Crippen LogP contribution >= 0.6 is 0 Å². The number of unbranched alkanes of at least 4 members (excludes halogenated alkanes) is 6. The number of carboxylic acid groups (broad SMARTS) is 1. The fourth-order valence-electron chi connectivity index (χ4n) is 1.45. The van der Waals surface area contributed by atoms with Gasteiger partial charge in [0.05, 0.1) is 13.1 Å². The highest BCUT2D eigenvalue weighted by Gasteiger charge is 1.83. The molecule has 0 amide bonds. The summed E-state index contributed by atoms with van der Waals surface area (Å²) in [5.41, 5.74) is 0. The van der Waals surface area contributed by atoms with Crippen LogP contribution in [0.2, 0.25) is 0 Å². The molecule has 0 radical (unpaired) electrons. The minimum absolute atomic E-state index is 0.833. The van der Waals surface area contributed by atoms with Crippen LogP contribution < -0.4 is 0 Å². The van der Waals surface area contributed by atoms with Gasteiger partial charge in [-0.05, 0) is 38.1 Å². The van der Waals surface area contributed by atoms with E-state index in [1.54, 1.807) is 0 Å². The van der Waals surface area contributed by atoms with Gasteiger partial charge in [0, 0.05) is 6.92 Å². The van der Waals surface area contributed by atoms with Gasteiger partial charge >= 0.3 is 0 Å². The van der Waals surface area contributed by atoms with E-state index in [1.165, 1.54) is 38.5 Å². The number of aliphatic carboxylic acids is 1. The largest absolute Gasteiger partial charge is 0.481 e. The number of nitrogens with zero attached hydrogens (tertiary/aromatic N) is 2. The molecule has 0 heterocycles. The van der Waals surface area contributed by atoms with Gasteiger partial charge in [-0.25, -0.2) is 0 Å². The SMILES string of the molecule is CC(=O)O.CCCCC/C=N/CC/N=C/CCCCC. The topological polar surface area (TPSA) is 62.0 Å². The molecule has 0 aliphatic heterocycles. The minimum Gasteiger partial charge on any atom is -0.481 e. The number of carbonyl (C=O) groups is 1. The Kier molecular flexibility index (Phi) is 21.3. The summed E-state index contributed by atoms with van der Waals surface area (Å²) >= 11 is 0. The van der Waals surface area contributed by atoms with Crippen LogP contribution in [-0.4, -0.2) is 36.6 Å². The summed E-state index contributed by atoms with van der Waals surface area (Å²) < 4.78 is 0. The average Bonchev–Trinajstić information content (AvgIpc) is 2.39. The van der Waals surface area contributed by atoms with Gasteiger partial charge in [-0.2, -0.15) is 0 Å². The number of aliphatic imine (C=N–C) groups is 2. The third kappa shape index (κ3) is 30.1. The molecule has 0 aliphatic rings. The maximum Gasteiger partial charge on any atom is 0.300 e. The van der Waals surface area contributed by atoms with Crippen LogP contribution in [0, 0.1) is 0 Å². The van der Waals surface area contributed by atoms with Gasteiger partial charge in [0.15, 0.2) is 0 Å². The highest BCUT2D eigenvalue weighted by Crippen LogP contribution is 1.96. The Bertz CT molecular complexity index is 227. The Morgan fingerprint density at radius 1 is 0.900 bits per heavy atom. The summed E-state index contributed by atoms with van der Waals surface area (Å²) in [6.45, 7) is 7.25. The Balaban J connectivity index is 0. The second kappa shape index (κ2) is 20.1. The molecule has 0 bridgehead atoms. The first kappa shape index (κ1) is 21.1. The highest BCUT2D eigenvalue weighted by atomic mass is 16.4. The summed E-state index contributed by atoms with van der Waals surface area (Å²) in [6, 6.07) is 0. The lowest BCUT2D eigenvalue weighted by Crippen LogP contribution is -1.89. The molecule has 0 fully saturated rings. The van der Waals surface area contributed by atoms with Crippen molar-refractivity contribution in [2.24, 2.45) is 9.98 Å². The van der Waals surface area contributed by atoms with Crippen molar-refractivity contribution in [3.8, 4) is 0 Å². The fourth-order valence-corrected chi connectivity index (χ4v) is 1.45. The van der Waals surface area contributed by atoms with Crippen LogP contribution in [0.4, 0.5) is 0 Å². The smallest absolute Gasteiger partial charge is 0.300 e. The monoisotopic (exact) mass is 284 g/mol. The van der Waals surface area contributed by atoms with Crippen LogP contribution in [-0.2, 0) is 4.79 Å². The van der Waals surface area contributed by atoms with E-state index < -0.39 is 5.97 Å². The van der Waals surface area contributed by atoms with E-state index in [9.17, 15) is 0 Å². The molecule has 20 heavy (non-hydrogen) atoms. The van der Waals surface area contributed by atoms with E-state index in [2.05, 4.69) is 36.3 Å². The van der Waals surface area contributed by atoms with Crippen LogP contribution in [0.1, 0.15) is 72.1 Å². The van der Waals surface area contributed by atoms with Crippen molar-refractivity contribution in [1.29, 1.82) is 0 Å². The summed E-state index contributed by atoms with van der Waals surface area (Å²) in [6.07, 6.45) is 14.2. The van der Waals surface area contributed by atoms with Gasteiger partial charge in [-0.3, -0.25) is 14.8 Å². The number of hydrogen-bond acceptors (Lipinski definition) is 3. The Morgan fingerprint density at radius 2 is 1.25 bits per heavy atom. The van der Waals surface area contributed by atoms with Crippen molar-refractivity contribution < 1.29 is 9.90 Å². The maximum atomic E-state index is 9.00. The van der Waals surface area contributed by atoms with Gasteiger partial charge < -0.3 is 5.11 Å². The highest BCUT2D eigenvalue weighted by molar-refractivity contribution is 5.63. The molecule has 0 aromatic carbocycles. The second-order valence-electron chi connectivity index (χ2n) is 4.69. The number of carboxylic acids is 1. The molecular weight excluding hydrogens is 252 g/mol. The lowest BCUT2D eigenvalue weighted by Gasteiger charge is -1.93. The number of hydrogen-bond donors (Lipinski definition) is 1. The first-order valence-electron chi connectivity index (χ1n) is 7.81. The number of rotatable bonds is 11. The Labute approximate surface area is 124 Å². The van der Waals surface area contributed by atoms with Crippen molar-refractivity contribution in [2.45, 2.75) is 72.1 Å². The fraction of sp³-hybridized carbons (Fsp3) is 0.812. The van der Waals surface area contributed by atoms with E-state index in [4.69, 9.17) is 9.90 Å².